The van der Waals surface area contributed by atoms with Gasteiger partial charge in [0.2, 0.25) is 0 Å². The van der Waals surface area contributed by atoms with E-state index in [2.05, 4.69) is 11.1 Å². The Balaban J connectivity index is 2.33. The van der Waals surface area contributed by atoms with E-state index in [0.29, 0.717) is 5.75 Å². The lowest BCUT2D eigenvalue weighted by atomic mass is 10.1. The topological polar surface area (TPSA) is 32.6 Å². The lowest BCUT2D eigenvalue weighted by Crippen LogP contribution is -1.95. The van der Waals surface area contributed by atoms with Crippen molar-refractivity contribution in [3.05, 3.63) is 41.6 Å². The largest absolute Gasteiger partial charge is 0.508 e. The maximum absolute atomic E-state index is 9.27. The summed E-state index contributed by atoms with van der Waals surface area (Å²) in [6.07, 6.45) is 2.95. The van der Waals surface area contributed by atoms with Crippen molar-refractivity contribution in [2.75, 3.05) is 0 Å². The van der Waals surface area contributed by atoms with E-state index in [-0.39, 0.29) is 0 Å². The van der Waals surface area contributed by atoms with Gasteiger partial charge in [0.05, 0.1) is 5.71 Å². The normalized spacial score (nSPS) is 15.5. The van der Waals surface area contributed by atoms with Gasteiger partial charge >= 0.3 is 0 Å². The first kappa shape index (κ1) is 8.05. The highest BCUT2D eigenvalue weighted by Crippen LogP contribution is 2.18. The monoisotopic (exact) mass is 173 g/mol. The molecular formula is C11H11NO. The quantitative estimate of drug-likeness (QED) is 0.695. The summed E-state index contributed by atoms with van der Waals surface area (Å²) in [7, 11) is 0. The first-order valence-electron chi connectivity index (χ1n) is 4.29. The average molecular weight is 173 g/mol. The minimum Gasteiger partial charge on any atom is -0.508 e. The van der Waals surface area contributed by atoms with E-state index in [0.717, 1.165) is 23.4 Å². The van der Waals surface area contributed by atoms with Gasteiger partial charge in [0, 0.05) is 12.1 Å². The van der Waals surface area contributed by atoms with Crippen molar-refractivity contribution in [3.8, 4) is 5.75 Å². The van der Waals surface area contributed by atoms with Crippen molar-refractivity contribution < 1.29 is 5.11 Å². The number of nitrogens with zero attached hydrogens (tertiary/aromatic N) is 1. The van der Waals surface area contributed by atoms with Crippen LogP contribution in [-0.2, 0) is 0 Å². The summed E-state index contributed by atoms with van der Waals surface area (Å²) < 4.78 is 0. The van der Waals surface area contributed by atoms with Gasteiger partial charge in [-0.05, 0) is 24.6 Å². The molecule has 1 N–H and O–H groups in total. The molecule has 0 amide bonds. The summed E-state index contributed by atoms with van der Waals surface area (Å²) in [5.74, 6) is 0.296. The highest BCUT2D eigenvalue weighted by atomic mass is 16.3. The van der Waals surface area contributed by atoms with Crippen LogP contribution in [0.1, 0.15) is 18.9 Å². The fraction of sp³-hybridized carbons (Fsp3) is 0.182. The summed E-state index contributed by atoms with van der Waals surface area (Å²) in [4.78, 5) is 4.37. The van der Waals surface area contributed by atoms with Crippen molar-refractivity contribution in [2.45, 2.75) is 13.3 Å². The average Bonchev–Trinajstić information content (AvgIpc) is 2.52. The molecule has 13 heavy (non-hydrogen) atoms. The van der Waals surface area contributed by atoms with Crippen molar-refractivity contribution in [3.63, 3.8) is 0 Å². The van der Waals surface area contributed by atoms with Crippen LogP contribution in [0.2, 0.25) is 0 Å². The zero-order valence-corrected chi connectivity index (χ0v) is 7.49. The molecule has 0 spiro atoms. The molecule has 2 heteroatoms. The molecule has 1 heterocycles. The fourth-order valence-corrected chi connectivity index (χ4v) is 1.42. The number of phenols is 1. The molecule has 0 unspecified atom stereocenters. The minimum atomic E-state index is 0.296. The number of rotatable bonds is 1. The first-order chi connectivity index (χ1) is 6.25. The Morgan fingerprint density at radius 1 is 1.38 bits per heavy atom. The second-order valence-corrected chi connectivity index (χ2v) is 3.16. The van der Waals surface area contributed by atoms with E-state index >= 15 is 0 Å². The predicted molar refractivity (Wildman–Crippen MR) is 53.0 cm³/mol. The second-order valence-electron chi connectivity index (χ2n) is 3.16. The summed E-state index contributed by atoms with van der Waals surface area (Å²) in [6.45, 7) is 1.98. The summed E-state index contributed by atoms with van der Waals surface area (Å²) in [5.41, 5.74) is 3.10. The number of aromatic hydroxyl groups is 1. The molecule has 2 rings (SSSR count). The molecule has 1 aliphatic rings. The Bertz CT molecular complexity index is 391. The molecule has 0 saturated heterocycles. The summed E-state index contributed by atoms with van der Waals surface area (Å²) in [5, 5.41) is 9.27. The van der Waals surface area contributed by atoms with E-state index in [4.69, 9.17) is 0 Å². The van der Waals surface area contributed by atoms with Gasteiger partial charge in [0.1, 0.15) is 5.75 Å². The van der Waals surface area contributed by atoms with Crippen LogP contribution in [-0.4, -0.2) is 10.8 Å². The summed E-state index contributed by atoms with van der Waals surface area (Å²) >= 11 is 0. The molecule has 2 nitrogen and oxygen atoms in total. The molecule has 0 bridgehead atoms. The number of aliphatic imine (C=N–C) groups is 1. The third-order valence-corrected chi connectivity index (χ3v) is 2.08. The van der Waals surface area contributed by atoms with Crippen LogP contribution in [0.4, 0.5) is 0 Å². The van der Waals surface area contributed by atoms with Crippen molar-refractivity contribution >= 4 is 5.71 Å². The SMILES string of the molecule is CC1=CCC(c2cccc(O)c2)=N1. The number of hydrogen-bond acceptors (Lipinski definition) is 2. The Morgan fingerprint density at radius 3 is 2.85 bits per heavy atom. The molecule has 0 atom stereocenters. The van der Waals surface area contributed by atoms with E-state index in [9.17, 15) is 5.11 Å². The molecule has 0 radical (unpaired) electrons. The maximum Gasteiger partial charge on any atom is 0.116 e. The van der Waals surface area contributed by atoms with Gasteiger partial charge < -0.3 is 5.11 Å². The zero-order chi connectivity index (χ0) is 9.26. The third-order valence-electron chi connectivity index (χ3n) is 2.08. The Kier molecular flexibility index (Phi) is 1.89. The van der Waals surface area contributed by atoms with Gasteiger partial charge in [-0.2, -0.15) is 0 Å². The van der Waals surface area contributed by atoms with Gasteiger partial charge in [-0.15, -0.1) is 0 Å². The van der Waals surface area contributed by atoms with Gasteiger partial charge in [-0.3, -0.25) is 4.99 Å². The maximum atomic E-state index is 9.27. The highest BCUT2D eigenvalue weighted by molar-refractivity contribution is 6.03. The van der Waals surface area contributed by atoms with Crippen molar-refractivity contribution in [1.29, 1.82) is 0 Å². The minimum absolute atomic E-state index is 0.296. The zero-order valence-electron chi connectivity index (χ0n) is 7.49. The third kappa shape index (κ3) is 1.61. The molecule has 0 fully saturated rings. The van der Waals surface area contributed by atoms with E-state index in [1.165, 1.54) is 0 Å². The van der Waals surface area contributed by atoms with Crippen molar-refractivity contribution in [2.24, 2.45) is 4.99 Å². The van der Waals surface area contributed by atoms with Crippen LogP contribution in [0, 0.1) is 0 Å². The van der Waals surface area contributed by atoms with Crippen LogP contribution < -0.4 is 0 Å². The lowest BCUT2D eigenvalue weighted by Gasteiger charge is -2.00. The predicted octanol–water partition coefficient (Wildman–Crippen LogP) is 2.49. The second kappa shape index (κ2) is 3.05. The number of benzene rings is 1. The molecule has 1 aromatic carbocycles. The summed E-state index contributed by atoms with van der Waals surface area (Å²) in [6, 6.07) is 7.20. The van der Waals surface area contributed by atoms with Gasteiger partial charge in [0.15, 0.2) is 0 Å². The van der Waals surface area contributed by atoms with Gasteiger partial charge in [-0.25, -0.2) is 0 Å². The standard InChI is InChI=1S/C11H11NO/c1-8-5-6-11(12-8)9-3-2-4-10(13)7-9/h2-5,7,13H,6H2,1H3. The van der Waals surface area contributed by atoms with Crippen LogP contribution in [0.15, 0.2) is 41.0 Å². The van der Waals surface area contributed by atoms with E-state index in [1.807, 2.05) is 19.1 Å². The van der Waals surface area contributed by atoms with Gasteiger partial charge in [0.25, 0.3) is 0 Å². The fourth-order valence-electron chi connectivity index (χ4n) is 1.42. The number of hydrogen-bond donors (Lipinski definition) is 1. The van der Waals surface area contributed by atoms with Crippen LogP contribution in [0.5, 0.6) is 5.75 Å². The number of phenolic OH excluding ortho intramolecular Hbond substituents is 1. The Labute approximate surface area is 77.3 Å². The lowest BCUT2D eigenvalue weighted by molar-refractivity contribution is 0.475. The first-order valence-corrected chi connectivity index (χ1v) is 4.29. The smallest absolute Gasteiger partial charge is 0.116 e. The van der Waals surface area contributed by atoms with Crippen molar-refractivity contribution in [1.82, 2.24) is 0 Å². The molecular weight excluding hydrogens is 162 g/mol. The molecule has 66 valence electrons. The van der Waals surface area contributed by atoms with Gasteiger partial charge in [-0.1, -0.05) is 18.2 Å². The van der Waals surface area contributed by atoms with Crippen LogP contribution >= 0.6 is 0 Å². The Morgan fingerprint density at radius 2 is 2.23 bits per heavy atom. The van der Waals surface area contributed by atoms with Crippen LogP contribution in [0.25, 0.3) is 0 Å². The van der Waals surface area contributed by atoms with E-state index in [1.54, 1.807) is 12.1 Å². The Hall–Kier alpha value is -1.57. The molecule has 1 aromatic rings. The molecule has 1 aliphatic heterocycles. The van der Waals surface area contributed by atoms with E-state index < -0.39 is 0 Å². The van der Waals surface area contributed by atoms with Crippen LogP contribution in [0.3, 0.4) is 0 Å². The molecule has 0 aromatic heterocycles. The molecule has 0 saturated carbocycles. The number of allylic oxidation sites excluding steroid dienone is 2. The molecule has 0 aliphatic carbocycles. The highest BCUT2D eigenvalue weighted by Gasteiger charge is 2.07.